The number of ether oxygens (including phenoxy) is 1. The van der Waals surface area contributed by atoms with Crippen molar-refractivity contribution >= 4 is 18.0 Å². The van der Waals surface area contributed by atoms with Crippen molar-refractivity contribution < 1.29 is 24.2 Å². The molecule has 4 rings (SSSR count). The summed E-state index contributed by atoms with van der Waals surface area (Å²) < 4.78 is 5.61. The van der Waals surface area contributed by atoms with Gasteiger partial charge in [0, 0.05) is 31.5 Å². The van der Waals surface area contributed by atoms with Crippen LogP contribution in [0.5, 0.6) is 0 Å². The van der Waals surface area contributed by atoms with E-state index in [-0.39, 0.29) is 43.9 Å². The van der Waals surface area contributed by atoms with Crippen LogP contribution in [0.25, 0.3) is 11.1 Å². The van der Waals surface area contributed by atoms with Crippen LogP contribution in [-0.2, 0) is 14.3 Å². The summed E-state index contributed by atoms with van der Waals surface area (Å²) in [5.74, 6) is -0.950. The van der Waals surface area contributed by atoms with E-state index in [0.717, 1.165) is 30.4 Å². The number of piperidine rings is 1. The van der Waals surface area contributed by atoms with Crippen molar-refractivity contribution in [1.82, 2.24) is 10.2 Å². The molecular formula is C28H34N2O5. The van der Waals surface area contributed by atoms with E-state index >= 15 is 0 Å². The third-order valence-corrected chi connectivity index (χ3v) is 7.04. The van der Waals surface area contributed by atoms with Gasteiger partial charge in [-0.2, -0.15) is 0 Å². The summed E-state index contributed by atoms with van der Waals surface area (Å²) in [6, 6.07) is 16.1. The molecule has 2 aromatic rings. The van der Waals surface area contributed by atoms with Gasteiger partial charge in [-0.1, -0.05) is 62.4 Å². The van der Waals surface area contributed by atoms with Gasteiger partial charge in [-0.05, 0) is 46.9 Å². The van der Waals surface area contributed by atoms with Crippen molar-refractivity contribution in [3.05, 3.63) is 59.7 Å². The lowest BCUT2D eigenvalue weighted by atomic mass is 9.87. The van der Waals surface area contributed by atoms with Crippen molar-refractivity contribution in [2.45, 2.75) is 57.9 Å². The Morgan fingerprint density at radius 1 is 1.03 bits per heavy atom. The van der Waals surface area contributed by atoms with Crippen LogP contribution in [0, 0.1) is 5.41 Å². The van der Waals surface area contributed by atoms with Crippen molar-refractivity contribution in [2.24, 2.45) is 5.41 Å². The van der Waals surface area contributed by atoms with E-state index < -0.39 is 17.5 Å². The van der Waals surface area contributed by atoms with Crippen molar-refractivity contribution in [1.29, 1.82) is 0 Å². The Morgan fingerprint density at radius 2 is 1.66 bits per heavy atom. The molecule has 186 valence electrons. The predicted molar refractivity (Wildman–Crippen MR) is 133 cm³/mol. The molecule has 1 saturated heterocycles. The molecule has 0 bridgehead atoms. The maximum atomic E-state index is 13.0. The lowest BCUT2D eigenvalue weighted by Crippen LogP contribution is -2.47. The third kappa shape index (κ3) is 5.84. The van der Waals surface area contributed by atoms with Gasteiger partial charge in [-0.25, -0.2) is 4.79 Å². The molecule has 1 fully saturated rings. The number of benzene rings is 2. The number of hydrogen-bond acceptors (Lipinski definition) is 4. The maximum absolute atomic E-state index is 13.0. The zero-order valence-corrected chi connectivity index (χ0v) is 20.5. The molecule has 0 aromatic heterocycles. The SMILES string of the molecule is CC(C)(CNC(=O)OCC1c2ccccc2-c2ccccc21)CC(=O)N1CCCCC1CC(=O)O. The minimum Gasteiger partial charge on any atom is -0.481 e. The van der Waals surface area contributed by atoms with Gasteiger partial charge >= 0.3 is 12.1 Å². The van der Waals surface area contributed by atoms with Gasteiger partial charge in [0.1, 0.15) is 6.61 Å². The molecule has 0 radical (unpaired) electrons. The standard InChI is InChI=1S/C28H34N2O5/c1-28(2,16-25(31)30-14-8-7-9-19(30)15-26(32)33)18-29-27(34)35-17-24-22-12-5-3-10-20(22)21-11-4-6-13-23(21)24/h3-6,10-13,19,24H,7-9,14-18H2,1-2H3,(H,29,34)(H,32,33). The first-order valence-corrected chi connectivity index (χ1v) is 12.4. The number of hydrogen-bond donors (Lipinski definition) is 2. The fourth-order valence-electron chi connectivity index (χ4n) is 5.28. The first kappa shape index (κ1) is 24.8. The minimum absolute atomic E-state index is 0.00647. The Labute approximate surface area is 206 Å². The highest BCUT2D eigenvalue weighted by Crippen LogP contribution is 2.44. The first-order valence-electron chi connectivity index (χ1n) is 12.4. The van der Waals surface area contributed by atoms with Crippen LogP contribution in [-0.4, -0.2) is 53.7 Å². The number of nitrogens with zero attached hydrogens (tertiary/aromatic N) is 1. The van der Waals surface area contributed by atoms with E-state index in [1.54, 1.807) is 4.90 Å². The quantitative estimate of drug-likeness (QED) is 0.568. The molecule has 1 heterocycles. The summed E-state index contributed by atoms with van der Waals surface area (Å²) in [5.41, 5.74) is 4.18. The Hall–Kier alpha value is -3.35. The molecule has 2 N–H and O–H groups in total. The molecular weight excluding hydrogens is 444 g/mol. The number of likely N-dealkylation sites (tertiary alicyclic amines) is 1. The van der Waals surface area contributed by atoms with Crippen molar-refractivity contribution in [3.8, 4) is 11.1 Å². The second-order valence-corrected chi connectivity index (χ2v) is 10.4. The summed E-state index contributed by atoms with van der Waals surface area (Å²) in [7, 11) is 0. The number of carboxylic acid groups (broad SMARTS) is 1. The van der Waals surface area contributed by atoms with E-state index in [2.05, 4.69) is 29.6 Å². The van der Waals surface area contributed by atoms with Crippen LogP contribution in [0.15, 0.2) is 48.5 Å². The van der Waals surface area contributed by atoms with Gasteiger partial charge < -0.3 is 20.1 Å². The summed E-state index contributed by atoms with van der Waals surface area (Å²) >= 11 is 0. The number of fused-ring (bicyclic) bond motifs is 3. The number of nitrogens with one attached hydrogen (secondary N) is 1. The summed E-state index contributed by atoms with van der Waals surface area (Å²) in [5, 5.41) is 12.0. The molecule has 35 heavy (non-hydrogen) atoms. The van der Waals surface area contributed by atoms with Crippen molar-refractivity contribution in [3.63, 3.8) is 0 Å². The highest BCUT2D eigenvalue weighted by atomic mass is 16.5. The van der Waals surface area contributed by atoms with E-state index in [4.69, 9.17) is 4.74 Å². The fourth-order valence-corrected chi connectivity index (χ4v) is 5.28. The molecule has 1 aliphatic heterocycles. The van der Waals surface area contributed by atoms with Gasteiger partial charge in [0.2, 0.25) is 5.91 Å². The smallest absolute Gasteiger partial charge is 0.407 e. The highest BCUT2D eigenvalue weighted by molar-refractivity contribution is 5.80. The number of carbonyl (C=O) groups excluding carboxylic acids is 2. The van der Waals surface area contributed by atoms with Crippen LogP contribution in [0.2, 0.25) is 0 Å². The predicted octanol–water partition coefficient (Wildman–Crippen LogP) is 4.80. The summed E-state index contributed by atoms with van der Waals surface area (Å²) in [6.45, 7) is 4.96. The number of carboxylic acids is 1. The van der Waals surface area contributed by atoms with Crippen LogP contribution in [0.3, 0.4) is 0 Å². The Balaban J connectivity index is 1.30. The lowest BCUT2D eigenvalue weighted by Gasteiger charge is -2.37. The molecule has 7 nitrogen and oxygen atoms in total. The Morgan fingerprint density at radius 3 is 2.29 bits per heavy atom. The molecule has 0 saturated carbocycles. The molecule has 2 amide bonds. The molecule has 0 spiro atoms. The van der Waals surface area contributed by atoms with Gasteiger partial charge in [0.15, 0.2) is 0 Å². The fraction of sp³-hybridized carbons (Fsp3) is 0.464. The number of alkyl carbamates (subject to hydrolysis) is 1. The van der Waals surface area contributed by atoms with Crippen LogP contribution < -0.4 is 5.32 Å². The zero-order chi connectivity index (χ0) is 25.0. The monoisotopic (exact) mass is 478 g/mol. The van der Waals surface area contributed by atoms with Crippen molar-refractivity contribution in [2.75, 3.05) is 19.7 Å². The van der Waals surface area contributed by atoms with E-state index in [9.17, 15) is 19.5 Å². The van der Waals surface area contributed by atoms with Gasteiger partial charge in [0.25, 0.3) is 0 Å². The zero-order valence-electron chi connectivity index (χ0n) is 20.5. The van der Waals surface area contributed by atoms with Crippen LogP contribution >= 0.6 is 0 Å². The summed E-state index contributed by atoms with van der Waals surface area (Å²) in [6.07, 6.45) is 2.25. The third-order valence-electron chi connectivity index (χ3n) is 7.04. The van der Waals surface area contributed by atoms with Gasteiger partial charge in [-0.15, -0.1) is 0 Å². The largest absolute Gasteiger partial charge is 0.481 e. The molecule has 1 unspecified atom stereocenters. The van der Waals surface area contributed by atoms with E-state index in [0.29, 0.717) is 6.54 Å². The van der Waals surface area contributed by atoms with Crippen LogP contribution in [0.4, 0.5) is 4.79 Å². The molecule has 1 aliphatic carbocycles. The normalized spacial score (nSPS) is 17.4. The molecule has 2 aromatic carbocycles. The number of amides is 2. The average molecular weight is 479 g/mol. The topological polar surface area (TPSA) is 95.9 Å². The number of carbonyl (C=O) groups is 3. The Kier molecular flexibility index (Phi) is 7.43. The molecule has 1 atom stereocenters. The van der Waals surface area contributed by atoms with Crippen LogP contribution in [0.1, 0.15) is 63.0 Å². The number of aliphatic carboxylic acids is 1. The van der Waals surface area contributed by atoms with E-state index in [1.807, 2.05) is 38.1 Å². The van der Waals surface area contributed by atoms with Gasteiger partial charge in [0.05, 0.1) is 6.42 Å². The number of rotatable bonds is 8. The minimum atomic E-state index is -0.883. The first-order chi connectivity index (χ1) is 16.7. The average Bonchev–Trinajstić information content (AvgIpc) is 3.15. The molecule has 7 heteroatoms. The lowest BCUT2D eigenvalue weighted by molar-refractivity contribution is -0.142. The Bertz CT molecular complexity index is 1050. The summed E-state index contributed by atoms with van der Waals surface area (Å²) in [4.78, 5) is 38.4. The second kappa shape index (κ2) is 10.5. The van der Waals surface area contributed by atoms with E-state index in [1.165, 1.54) is 11.1 Å². The second-order valence-electron chi connectivity index (χ2n) is 10.4. The molecule has 2 aliphatic rings. The van der Waals surface area contributed by atoms with Gasteiger partial charge in [-0.3, -0.25) is 9.59 Å². The highest BCUT2D eigenvalue weighted by Gasteiger charge is 2.33. The maximum Gasteiger partial charge on any atom is 0.407 e.